The van der Waals surface area contributed by atoms with Gasteiger partial charge in [0.25, 0.3) is 11.5 Å². The van der Waals surface area contributed by atoms with E-state index in [2.05, 4.69) is 15.5 Å². The second kappa shape index (κ2) is 8.06. The summed E-state index contributed by atoms with van der Waals surface area (Å²) in [4.78, 5) is 23.6. The second-order valence-corrected chi connectivity index (χ2v) is 5.27. The summed E-state index contributed by atoms with van der Waals surface area (Å²) < 4.78 is 21.3. The van der Waals surface area contributed by atoms with E-state index in [4.69, 9.17) is 4.74 Å². The zero-order chi connectivity index (χ0) is 18.4. The Labute approximate surface area is 147 Å². The number of nitrogens with zero attached hydrogens (tertiary/aromatic N) is 4. The van der Waals surface area contributed by atoms with Gasteiger partial charge in [-0.3, -0.25) is 9.59 Å². The number of amides is 1. The van der Waals surface area contributed by atoms with Gasteiger partial charge in [-0.1, -0.05) is 12.1 Å². The summed E-state index contributed by atoms with van der Waals surface area (Å²) in [7, 11) is 0. The predicted octanol–water partition coefficient (Wildman–Crippen LogP) is 0.763. The number of carbonyl (C=O) groups is 1. The quantitative estimate of drug-likeness (QED) is 0.674. The van der Waals surface area contributed by atoms with E-state index in [1.54, 1.807) is 30.6 Å². The molecule has 0 aliphatic carbocycles. The predicted molar refractivity (Wildman–Crippen MR) is 90.5 cm³/mol. The third kappa shape index (κ3) is 4.32. The Balaban J connectivity index is 1.51. The number of ether oxygens (including phenoxy) is 1. The monoisotopic (exact) mass is 357 g/mol. The van der Waals surface area contributed by atoms with E-state index in [9.17, 15) is 14.0 Å². The van der Waals surface area contributed by atoms with Crippen LogP contribution in [0, 0.1) is 5.82 Å². The van der Waals surface area contributed by atoms with Crippen LogP contribution in [0.3, 0.4) is 0 Å². The molecule has 0 saturated heterocycles. The number of aromatic nitrogens is 4. The van der Waals surface area contributed by atoms with Crippen LogP contribution in [0.2, 0.25) is 0 Å². The van der Waals surface area contributed by atoms with E-state index in [0.717, 1.165) is 0 Å². The average molecular weight is 357 g/mol. The highest BCUT2D eigenvalue weighted by Crippen LogP contribution is 2.14. The zero-order valence-corrected chi connectivity index (χ0v) is 13.7. The van der Waals surface area contributed by atoms with Crippen LogP contribution >= 0.6 is 0 Å². The summed E-state index contributed by atoms with van der Waals surface area (Å²) in [5.74, 6) is -0.465. The van der Waals surface area contributed by atoms with Crippen LogP contribution in [0.5, 0.6) is 5.75 Å². The van der Waals surface area contributed by atoms with Crippen molar-refractivity contribution in [3.8, 4) is 11.6 Å². The molecule has 0 unspecified atom stereocenters. The van der Waals surface area contributed by atoms with Crippen molar-refractivity contribution in [2.75, 3.05) is 13.2 Å². The molecule has 0 radical (unpaired) electrons. The van der Waals surface area contributed by atoms with Crippen molar-refractivity contribution in [3.05, 3.63) is 71.0 Å². The number of para-hydroxylation sites is 1. The summed E-state index contributed by atoms with van der Waals surface area (Å²) in [6.45, 7) is 0.0326. The molecule has 3 aromatic rings. The van der Waals surface area contributed by atoms with E-state index in [-0.39, 0.29) is 31.0 Å². The molecular weight excluding hydrogens is 341 g/mol. The van der Waals surface area contributed by atoms with Gasteiger partial charge in [0.15, 0.2) is 24.0 Å². The Kier molecular flexibility index (Phi) is 5.37. The Hall–Kier alpha value is -3.49. The molecule has 0 aliphatic rings. The van der Waals surface area contributed by atoms with Gasteiger partial charge in [-0.2, -0.15) is 5.10 Å². The van der Waals surface area contributed by atoms with E-state index < -0.39 is 11.7 Å². The van der Waals surface area contributed by atoms with Gasteiger partial charge in [-0.05, 0) is 24.3 Å². The van der Waals surface area contributed by atoms with Crippen LogP contribution in [-0.2, 0) is 11.3 Å². The van der Waals surface area contributed by atoms with Crippen LogP contribution in [0.15, 0.2) is 59.7 Å². The van der Waals surface area contributed by atoms with Crippen LogP contribution in [-0.4, -0.2) is 38.6 Å². The minimum absolute atomic E-state index is 0.00691. The van der Waals surface area contributed by atoms with Crippen LogP contribution in [0.1, 0.15) is 0 Å². The normalized spacial score (nSPS) is 10.5. The fraction of sp³-hybridized carbons (Fsp3) is 0.176. The number of hydrogen-bond acceptors (Lipinski definition) is 5. The van der Waals surface area contributed by atoms with E-state index in [1.807, 2.05) is 0 Å². The van der Waals surface area contributed by atoms with Gasteiger partial charge in [0.05, 0.1) is 6.54 Å². The van der Waals surface area contributed by atoms with E-state index in [1.165, 1.54) is 33.6 Å². The number of carbonyl (C=O) groups excluding carboxylic acids is 1. The molecule has 0 aliphatic heterocycles. The van der Waals surface area contributed by atoms with Crippen LogP contribution in [0.25, 0.3) is 5.82 Å². The summed E-state index contributed by atoms with van der Waals surface area (Å²) >= 11 is 0. The Morgan fingerprint density at radius 1 is 1.19 bits per heavy atom. The van der Waals surface area contributed by atoms with Crippen LogP contribution in [0.4, 0.5) is 4.39 Å². The molecule has 0 atom stereocenters. The van der Waals surface area contributed by atoms with Crippen molar-refractivity contribution in [3.63, 3.8) is 0 Å². The molecule has 2 aromatic heterocycles. The maximum absolute atomic E-state index is 13.4. The molecule has 0 bridgehead atoms. The minimum Gasteiger partial charge on any atom is -0.481 e. The summed E-state index contributed by atoms with van der Waals surface area (Å²) in [5.41, 5.74) is -0.294. The fourth-order valence-electron chi connectivity index (χ4n) is 2.18. The van der Waals surface area contributed by atoms with Crippen molar-refractivity contribution >= 4 is 5.91 Å². The molecule has 0 saturated carbocycles. The van der Waals surface area contributed by atoms with Gasteiger partial charge in [-0.15, -0.1) is 5.10 Å². The summed E-state index contributed by atoms with van der Waals surface area (Å²) in [6.07, 6.45) is 3.31. The minimum atomic E-state index is -0.536. The topological polar surface area (TPSA) is 91.0 Å². The lowest BCUT2D eigenvalue weighted by atomic mass is 10.3. The molecule has 2 heterocycles. The molecule has 26 heavy (non-hydrogen) atoms. The van der Waals surface area contributed by atoms with Crippen molar-refractivity contribution in [1.82, 2.24) is 24.9 Å². The highest BCUT2D eigenvalue weighted by Gasteiger charge is 2.07. The SMILES string of the molecule is O=C(COc1ccccc1F)NCCn1nc(-n2cccn2)ccc1=O. The second-order valence-electron chi connectivity index (χ2n) is 5.27. The van der Waals surface area contributed by atoms with Gasteiger partial charge in [0, 0.05) is 25.0 Å². The molecule has 134 valence electrons. The average Bonchev–Trinajstić information content (AvgIpc) is 3.17. The molecule has 8 nitrogen and oxygen atoms in total. The molecular formula is C17H16FN5O3. The molecule has 0 fully saturated rings. The molecule has 1 amide bonds. The third-order valence-electron chi connectivity index (χ3n) is 3.43. The molecule has 1 aromatic carbocycles. The Bertz CT molecular complexity index is 940. The standard InChI is InChI=1S/C17H16FN5O3/c18-13-4-1-2-5-14(13)26-12-16(24)19-9-11-23-17(25)7-6-15(21-23)22-10-3-8-20-22/h1-8,10H,9,11-12H2,(H,19,24). The number of hydrogen-bond donors (Lipinski definition) is 1. The first kappa shape index (κ1) is 17.3. The first-order valence-corrected chi connectivity index (χ1v) is 7.86. The number of nitrogens with one attached hydrogen (secondary N) is 1. The summed E-state index contributed by atoms with van der Waals surface area (Å²) in [5, 5.41) is 10.8. The largest absolute Gasteiger partial charge is 0.481 e. The Morgan fingerprint density at radius 3 is 2.81 bits per heavy atom. The number of rotatable bonds is 7. The molecule has 1 N–H and O–H groups in total. The Morgan fingerprint density at radius 2 is 2.04 bits per heavy atom. The highest BCUT2D eigenvalue weighted by molar-refractivity contribution is 5.77. The fourth-order valence-corrected chi connectivity index (χ4v) is 2.18. The van der Waals surface area contributed by atoms with Gasteiger partial charge in [0.2, 0.25) is 0 Å². The lowest BCUT2D eigenvalue weighted by Gasteiger charge is -2.09. The van der Waals surface area contributed by atoms with Crippen molar-refractivity contribution in [2.24, 2.45) is 0 Å². The number of halogens is 1. The molecule has 0 spiro atoms. The molecule has 9 heteroatoms. The first-order valence-electron chi connectivity index (χ1n) is 7.86. The van der Waals surface area contributed by atoms with Crippen molar-refractivity contribution in [2.45, 2.75) is 6.54 Å². The van der Waals surface area contributed by atoms with Crippen molar-refractivity contribution < 1.29 is 13.9 Å². The van der Waals surface area contributed by atoms with Gasteiger partial charge < -0.3 is 10.1 Å². The highest BCUT2D eigenvalue weighted by atomic mass is 19.1. The van der Waals surface area contributed by atoms with E-state index in [0.29, 0.717) is 5.82 Å². The maximum Gasteiger partial charge on any atom is 0.266 e. The smallest absolute Gasteiger partial charge is 0.266 e. The van der Waals surface area contributed by atoms with Crippen LogP contribution < -0.4 is 15.6 Å². The molecule has 3 rings (SSSR count). The number of benzene rings is 1. The van der Waals surface area contributed by atoms with Gasteiger partial charge >= 0.3 is 0 Å². The zero-order valence-electron chi connectivity index (χ0n) is 13.7. The maximum atomic E-state index is 13.4. The van der Waals surface area contributed by atoms with E-state index >= 15 is 0 Å². The van der Waals surface area contributed by atoms with Crippen molar-refractivity contribution in [1.29, 1.82) is 0 Å². The lowest BCUT2D eigenvalue weighted by Crippen LogP contribution is -2.34. The lowest BCUT2D eigenvalue weighted by molar-refractivity contribution is -0.123. The summed E-state index contributed by atoms with van der Waals surface area (Å²) in [6, 6.07) is 10.5. The third-order valence-corrected chi connectivity index (χ3v) is 3.43. The van der Waals surface area contributed by atoms with Gasteiger partial charge in [0.1, 0.15) is 0 Å². The van der Waals surface area contributed by atoms with Gasteiger partial charge in [-0.25, -0.2) is 13.8 Å². The first-order chi connectivity index (χ1) is 12.6.